The van der Waals surface area contributed by atoms with Crippen LogP contribution in [-0.4, -0.2) is 48.8 Å². The highest BCUT2D eigenvalue weighted by atomic mass is 32.1. The molecule has 1 aromatic rings. The van der Waals surface area contributed by atoms with E-state index in [1.54, 1.807) is 17.3 Å². The Labute approximate surface area is 109 Å². The molecular formula is C11H14N4O2S. The third-order valence-corrected chi connectivity index (χ3v) is 3.48. The molecule has 1 aliphatic rings. The second-order valence-electron chi connectivity index (χ2n) is 3.79. The summed E-state index contributed by atoms with van der Waals surface area (Å²) < 4.78 is 4.95. The van der Waals surface area contributed by atoms with Crippen molar-refractivity contribution in [3.05, 3.63) is 10.4 Å². The largest absolute Gasteiger partial charge is 0.450 e. The van der Waals surface area contributed by atoms with Gasteiger partial charge in [-0.05, 0) is 6.92 Å². The first-order chi connectivity index (χ1) is 8.76. The van der Waals surface area contributed by atoms with Gasteiger partial charge in [0, 0.05) is 26.2 Å². The van der Waals surface area contributed by atoms with Crippen molar-refractivity contribution in [1.29, 1.82) is 5.26 Å². The Kier molecular flexibility index (Phi) is 3.99. The summed E-state index contributed by atoms with van der Waals surface area (Å²) in [5.41, 5.74) is 1.67. The van der Waals surface area contributed by atoms with Crippen LogP contribution in [0.1, 0.15) is 11.8 Å². The first-order valence-corrected chi connectivity index (χ1v) is 6.64. The Bertz CT molecular complexity index is 460. The number of anilines is 1. The van der Waals surface area contributed by atoms with Crippen molar-refractivity contribution in [3.63, 3.8) is 0 Å². The quantitative estimate of drug-likeness (QED) is 0.806. The molecule has 0 aliphatic carbocycles. The van der Waals surface area contributed by atoms with Crippen LogP contribution in [0.5, 0.6) is 0 Å². The van der Waals surface area contributed by atoms with E-state index in [-0.39, 0.29) is 6.09 Å². The van der Waals surface area contributed by atoms with Crippen molar-refractivity contribution < 1.29 is 9.53 Å². The number of hydrogen-bond acceptors (Lipinski definition) is 6. The van der Waals surface area contributed by atoms with Gasteiger partial charge in [-0.1, -0.05) is 0 Å². The maximum atomic E-state index is 11.5. The van der Waals surface area contributed by atoms with Crippen molar-refractivity contribution in [2.24, 2.45) is 0 Å². The first-order valence-electron chi connectivity index (χ1n) is 5.76. The molecule has 0 bridgehead atoms. The lowest BCUT2D eigenvalue weighted by Gasteiger charge is -2.34. The van der Waals surface area contributed by atoms with E-state index < -0.39 is 0 Å². The molecule has 1 aliphatic heterocycles. The fourth-order valence-electron chi connectivity index (χ4n) is 1.86. The number of nitrogens with zero attached hydrogens (tertiary/aromatic N) is 4. The molecule has 0 unspecified atom stereocenters. The van der Waals surface area contributed by atoms with E-state index >= 15 is 0 Å². The minimum absolute atomic E-state index is 0.268. The van der Waals surface area contributed by atoms with Crippen LogP contribution in [0, 0.1) is 11.3 Å². The zero-order valence-corrected chi connectivity index (χ0v) is 10.9. The summed E-state index contributed by atoms with van der Waals surface area (Å²) in [4.78, 5) is 20.1. The second-order valence-corrected chi connectivity index (χ2v) is 4.64. The van der Waals surface area contributed by atoms with Gasteiger partial charge in [0.15, 0.2) is 5.82 Å². The number of hydrogen-bond donors (Lipinski definition) is 0. The van der Waals surface area contributed by atoms with Gasteiger partial charge in [-0.15, -0.1) is 11.3 Å². The van der Waals surface area contributed by atoms with Gasteiger partial charge in [0.25, 0.3) is 0 Å². The Morgan fingerprint density at radius 3 is 2.89 bits per heavy atom. The molecule has 96 valence electrons. The zero-order chi connectivity index (χ0) is 13.0. The third kappa shape index (κ3) is 2.54. The SMILES string of the molecule is CCOC(=O)N1CCN(c2ncsc2C#N)CC1. The van der Waals surface area contributed by atoms with Crippen LogP contribution >= 0.6 is 11.3 Å². The summed E-state index contributed by atoms with van der Waals surface area (Å²) in [7, 11) is 0. The van der Waals surface area contributed by atoms with E-state index in [4.69, 9.17) is 10.00 Å². The molecule has 1 fully saturated rings. The zero-order valence-electron chi connectivity index (χ0n) is 10.1. The van der Waals surface area contributed by atoms with Gasteiger partial charge in [0.05, 0.1) is 12.1 Å². The summed E-state index contributed by atoms with van der Waals surface area (Å²) in [6.07, 6.45) is -0.268. The third-order valence-electron chi connectivity index (χ3n) is 2.76. The lowest BCUT2D eigenvalue weighted by Crippen LogP contribution is -2.49. The van der Waals surface area contributed by atoms with Crippen molar-refractivity contribution in [2.45, 2.75) is 6.92 Å². The number of carbonyl (C=O) groups is 1. The van der Waals surface area contributed by atoms with Crippen LogP contribution in [0.15, 0.2) is 5.51 Å². The number of ether oxygens (including phenoxy) is 1. The van der Waals surface area contributed by atoms with Gasteiger partial charge in [0.2, 0.25) is 0 Å². The number of aromatic nitrogens is 1. The van der Waals surface area contributed by atoms with E-state index in [0.717, 1.165) is 5.82 Å². The molecule has 0 spiro atoms. The molecule has 18 heavy (non-hydrogen) atoms. The molecule has 0 N–H and O–H groups in total. The van der Waals surface area contributed by atoms with Crippen molar-refractivity contribution in [2.75, 3.05) is 37.7 Å². The number of amides is 1. The van der Waals surface area contributed by atoms with Gasteiger partial charge in [-0.3, -0.25) is 0 Å². The van der Waals surface area contributed by atoms with Crippen LogP contribution < -0.4 is 4.90 Å². The normalized spacial score (nSPS) is 15.3. The van der Waals surface area contributed by atoms with Gasteiger partial charge < -0.3 is 14.5 Å². The number of carbonyl (C=O) groups excluding carboxylic acids is 1. The van der Waals surface area contributed by atoms with Gasteiger partial charge in [-0.2, -0.15) is 5.26 Å². The predicted octanol–water partition coefficient (Wildman–Crippen LogP) is 1.29. The lowest BCUT2D eigenvalue weighted by molar-refractivity contribution is 0.105. The Morgan fingerprint density at radius 2 is 2.28 bits per heavy atom. The predicted molar refractivity (Wildman–Crippen MR) is 67.6 cm³/mol. The summed E-state index contributed by atoms with van der Waals surface area (Å²) >= 11 is 1.34. The van der Waals surface area contributed by atoms with Gasteiger partial charge in [0.1, 0.15) is 10.9 Å². The van der Waals surface area contributed by atoms with Crippen LogP contribution in [0.3, 0.4) is 0 Å². The molecule has 1 saturated heterocycles. The van der Waals surface area contributed by atoms with E-state index in [9.17, 15) is 4.79 Å². The lowest BCUT2D eigenvalue weighted by atomic mass is 10.3. The number of thiazole rings is 1. The summed E-state index contributed by atoms with van der Waals surface area (Å²) in [5.74, 6) is 0.728. The molecule has 0 aromatic carbocycles. The van der Waals surface area contributed by atoms with Crippen molar-refractivity contribution in [1.82, 2.24) is 9.88 Å². The molecule has 2 heterocycles. The smallest absolute Gasteiger partial charge is 0.409 e. The fraction of sp³-hybridized carbons (Fsp3) is 0.545. The van der Waals surface area contributed by atoms with E-state index in [1.807, 2.05) is 4.90 Å². The molecule has 6 nitrogen and oxygen atoms in total. The number of rotatable bonds is 2. The summed E-state index contributed by atoms with van der Waals surface area (Å²) in [6, 6.07) is 2.14. The fourth-order valence-corrected chi connectivity index (χ4v) is 2.46. The van der Waals surface area contributed by atoms with Crippen LogP contribution in [-0.2, 0) is 4.74 Å². The van der Waals surface area contributed by atoms with E-state index in [1.165, 1.54) is 11.3 Å². The molecule has 0 saturated carbocycles. The average molecular weight is 266 g/mol. The summed E-state index contributed by atoms with van der Waals surface area (Å²) in [5, 5.41) is 8.96. The Balaban J connectivity index is 1.95. The number of nitriles is 1. The summed E-state index contributed by atoms with van der Waals surface area (Å²) in [6.45, 7) is 4.74. The maximum Gasteiger partial charge on any atom is 0.409 e. The minimum Gasteiger partial charge on any atom is -0.450 e. The highest BCUT2D eigenvalue weighted by molar-refractivity contribution is 7.10. The van der Waals surface area contributed by atoms with Crippen LogP contribution in [0.25, 0.3) is 0 Å². The van der Waals surface area contributed by atoms with E-state index in [2.05, 4.69) is 11.1 Å². The highest BCUT2D eigenvalue weighted by Gasteiger charge is 2.24. The van der Waals surface area contributed by atoms with Gasteiger partial charge >= 0.3 is 6.09 Å². The number of piperazine rings is 1. The highest BCUT2D eigenvalue weighted by Crippen LogP contribution is 2.22. The van der Waals surface area contributed by atoms with Gasteiger partial charge in [-0.25, -0.2) is 9.78 Å². The molecule has 2 rings (SSSR count). The molecule has 0 radical (unpaired) electrons. The van der Waals surface area contributed by atoms with Crippen LogP contribution in [0.2, 0.25) is 0 Å². The maximum absolute atomic E-state index is 11.5. The Hall–Kier alpha value is -1.81. The molecule has 0 atom stereocenters. The first kappa shape index (κ1) is 12.6. The minimum atomic E-state index is -0.268. The van der Waals surface area contributed by atoms with Crippen LogP contribution in [0.4, 0.5) is 10.6 Å². The molecule has 1 amide bonds. The standard InChI is InChI=1S/C11H14N4O2S/c1-2-17-11(16)15-5-3-14(4-6-15)10-9(7-12)18-8-13-10/h8H,2-6H2,1H3. The second kappa shape index (κ2) is 5.69. The molecular weight excluding hydrogens is 252 g/mol. The monoisotopic (exact) mass is 266 g/mol. The van der Waals surface area contributed by atoms with Crippen molar-refractivity contribution >= 4 is 23.2 Å². The Morgan fingerprint density at radius 1 is 1.56 bits per heavy atom. The topological polar surface area (TPSA) is 69.5 Å². The average Bonchev–Trinajstić information content (AvgIpc) is 2.87. The molecule has 1 aromatic heterocycles. The van der Waals surface area contributed by atoms with E-state index in [0.29, 0.717) is 37.7 Å². The van der Waals surface area contributed by atoms with Crippen molar-refractivity contribution in [3.8, 4) is 6.07 Å². The molecule has 7 heteroatoms.